The Bertz CT molecular complexity index is 34.8. The maximum absolute atomic E-state index is 8.57. The molecule has 0 saturated carbocycles. The Morgan fingerprint density at radius 1 is 0.615 bits per heavy atom. The zero-order valence-corrected chi connectivity index (χ0v) is 20.5. The van der Waals surface area contributed by atoms with Crippen molar-refractivity contribution in [2.24, 2.45) is 0 Å². The molecule has 0 aromatic heterocycles. The first-order chi connectivity index (χ1) is 4.73. The molecule has 0 atom stereocenters. The maximum atomic E-state index is 8.57. The Morgan fingerprint density at radius 3 is 0.615 bits per heavy atom. The molecule has 92 valence electrons. The summed E-state index contributed by atoms with van der Waals surface area (Å²) < 4.78 is 25.7. The average molecular weight is 996 g/mol. The number of rotatable bonds is 0. The van der Waals surface area contributed by atoms with Crippen LogP contribution in [0, 0.1) is 0 Å². The van der Waals surface area contributed by atoms with Gasteiger partial charge in [0.1, 0.15) is 0 Å². The zero-order chi connectivity index (χ0) is 9.58. The highest BCUT2D eigenvalue weighted by Gasteiger charge is 1.70. The van der Waals surface area contributed by atoms with E-state index < -0.39 is 21.1 Å². The van der Waals surface area contributed by atoms with Crippen molar-refractivity contribution in [3.8, 4) is 0 Å². The van der Waals surface area contributed by atoms with Crippen LogP contribution in [0.4, 0.5) is 0 Å². The Kier molecular flexibility index (Phi) is 227. The zero-order valence-electron chi connectivity index (χ0n) is 11.4. The van der Waals surface area contributed by atoms with E-state index in [0.717, 1.165) is 0 Å². The summed E-state index contributed by atoms with van der Waals surface area (Å²) in [6, 6.07) is 0. The minimum absolute atomic E-state index is 0. The number of halogens is 7. The van der Waals surface area contributed by atoms with E-state index in [2.05, 4.69) is 112 Å². The van der Waals surface area contributed by atoms with Gasteiger partial charge in [0.05, 0.1) is 0 Å². The molecular weight excluding hydrogens is 984 g/mol. The molecule has 0 aliphatic heterocycles. The maximum Gasteiger partial charge on any atom is 1.00 e. The lowest BCUT2D eigenvalue weighted by Gasteiger charge is -1.84. The molecule has 0 fully saturated rings. The molecule has 13 heteroatoms. The van der Waals surface area contributed by atoms with E-state index in [1.54, 1.807) is 0 Å². The van der Waals surface area contributed by atoms with Crippen LogP contribution < -0.4 is 31.4 Å². The van der Waals surface area contributed by atoms with Crippen molar-refractivity contribution < 1.29 is 56.4 Å². The summed E-state index contributed by atoms with van der Waals surface area (Å²) in [5.74, 6) is 0. The van der Waals surface area contributed by atoms with Crippen LogP contribution in [0.3, 0.4) is 0 Å². The van der Waals surface area contributed by atoms with E-state index in [1.807, 2.05) is 0 Å². The van der Waals surface area contributed by atoms with Gasteiger partial charge in [0.25, 0.3) is 21.1 Å². The van der Waals surface area contributed by atoms with E-state index in [0.29, 0.717) is 0 Å². The van der Waals surface area contributed by atoms with Gasteiger partial charge < -0.3 is 26.7 Å². The Labute approximate surface area is 164 Å². The molecule has 6 nitrogen and oxygen atoms in total. The van der Waals surface area contributed by atoms with Crippen LogP contribution in [-0.4, -0.2) is 16.4 Å². The van der Waals surface area contributed by atoms with Crippen molar-refractivity contribution >= 4 is 112 Å². The first-order valence-electron chi connectivity index (χ1n) is 0.891. The molecule has 0 aliphatic rings. The molecule has 0 radical (unpaired) electrons. The minimum atomic E-state index is -4.01. The molecular formula is H12I7O6+5. The van der Waals surface area contributed by atoms with Gasteiger partial charge in [0.15, 0.2) is 0 Å². The topological polar surface area (TPSA) is 164 Å². The van der Waals surface area contributed by atoms with Gasteiger partial charge in [-0.25, -0.2) is 0 Å². The quantitative estimate of drug-likeness (QED) is 0.237. The molecule has 0 bridgehead atoms. The average Bonchev–Trinajstić information content (AvgIpc) is 1.98. The van der Waals surface area contributed by atoms with E-state index in [-0.39, 0.29) is 25.0 Å². The van der Waals surface area contributed by atoms with Gasteiger partial charge in [-0.05, 0) is 0 Å². The van der Waals surface area contributed by atoms with Gasteiger partial charge in [-0.3, -0.25) is 0 Å². The standard InChI is InChI=1S/3I2.IO3.3H2O/c3*1-2;2-1(3)4;;;/h;;;;3*1H2/q;;;-1;;;/p+6. The number of hydrogen-bond acceptors (Lipinski definition) is 3. The summed E-state index contributed by atoms with van der Waals surface area (Å²) in [5, 5.41) is 0. The molecule has 6 N–H and O–H groups in total. The third kappa shape index (κ3) is 157. The molecule has 0 rings (SSSR count). The second-order valence-corrected chi connectivity index (χ2v) is 1.27. The minimum Gasteiger partial charge on any atom is -0.427 e. The van der Waals surface area contributed by atoms with Crippen molar-refractivity contribution in [3.05, 3.63) is 0 Å². The second kappa shape index (κ2) is 68.6. The summed E-state index contributed by atoms with van der Waals surface area (Å²) in [5.41, 5.74) is 0. The van der Waals surface area contributed by atoms with Crippen molar-refractivity contribution in [1.29, 1.82) is 0 Å². The highest BCUT2D eigenvalue weighted by molar-refractivity contribution is 15.0. The van der Waals surface area contributed by atoms with Crippen LogP contribution in [0.15, 0.2) is 0 Å². The lowest BCUT2D eigenvalue weighted by Crippen LogP contribution is -4.05. The fourth-order valence-electron chi connectivity index (χ4n) is 0. The number of hydrogen-bond donors (Lipinski definition) is 0. The van der Waals surface area contributed by atoms with Crippen molar-refractivity contribution in [2.75, 3.05) is 0 Å². The first kappa shape index (κ1) is 43.0. The monoisotopic (exact) mass is 996 g/mol. The predicted octanol–water partition coefficient (Wildman–Crippen LogP) is -3.05. The van der Waals surface area contributed by atoms with Crippen LogP contribution in [0.25, 0.3) is 0 Å². The van der Waals surface area contributed by atoms with Gasteiger partial charge >= 0.3 is 8.56 Å². The third-order valence-electron chi connectivity index (χ3n) is 0. The van der Waals surface area contributed by atoms with Gasteiger partial charge in [0.2, 0.25) is 0 Å². The van der Waals surface area contributed by atoms with E-state index >= 15 is 0 Å². The highest BCUT2D eigenvalue weighted by atomic mass is 128. The summed E-state index contributed by atoms with van der Waals surface area (Å²) in [4.78, 5) is 0. The molecule has 0 aliphatic carbocycles. The Morgan fingerprint density at radius 2 is 0.615 bits per heavy atom. The molecule has 0 heterocycles. The van der Waals surface area contributed by atoms with Gasteiger partial charge in [-0.1, -0.05) is 0 Å². The largest absolute Gasteiger partial charge is 1.00 e. The lowest BCUT2D eigenvalue weighted by atomic mass is 16.0. The predicted molar refractivity (Wildman–Crippen MR) is 102 cm³/mol. The summed E-state index contributed by atoms with van der Waals surface area (Å²) in [6.07, 6.45) is 0. The summed E-state index contributed by atoms with van der Waals surface area (Å²) in [7, 11) is 0. The molecule has 0 spiro atoms. The van der Waals surface area contributed by atoms with Gasteiger partial charge in [-0.2, -0.15) is 0 Å². The summed E-state index contributed by atoms with van der Waals surface area (Å²) >= 11 is 8.71. The molecule has 0 amide bonds. The van der Waals surface area contributed by atoms with Gasteiger partial charge in [0, 0.05) is 112 Å². The SMILES string of the molecule is II.II.II.O.O.O.[H+].[H+].[H+].[H+].[H+].[H+].[O-][I+2]([O-])[O-]. The summed E-state index contributed by atoms with van der Waals surface area (Å²) in [6.45, 7) is 0. The van der Waals surface area contributed by atoms with Gasteiger partial charge in [-0.15, -0.1) is 0 Å². The lowest BCUT2D eigenvalue weighted by molar-refractivity contribution is -1.73. The Hall–Kier alpha value is 4.87. The third-order valence-corrected chi connectivity index (χ3v) is 0. The van der Waals surface area contributed by atoms with Crippen LogP contribution in [0.1, 0.15) is 8.56 Å². The van der Waals surface area contributed by atoms with Crippen LogP contribution in [0.2, 0.25) is 0 Å². The fraction of sp³-hybridized carbons (Fsp3) is 0. The van der Waals surface area contributed by atoms with Crippen LogP contribution in [-0.2, 0) is 0 Å². The van der Waals surface area contributed by atoms with E-state index in [4.69, 9.17) is 10.3 Å². The molecule has 13 heavy (non-hydrogen) atoms. The smallest absolute Gasteiger partial charge is 0.427 e. The molecule has 0 saturated heterocycles. The Balaban J connectivity index is -0.00000000205. The van der Waals surface area contributed by atoms with Crippen molar-refractivity contribution in [2.45, 2.75) is 0 Å². The molecule has 0 aromatic carbocycles. The highest BCUT2D eigenvalue weighted by Crippen LogP contribution is 1.89. The van der Waals surface area contributed by atoms with Crippen LogP contribution >= 0.6 is 112 Å². The molecule has 0 aromatic rings. The first-order valence-corrected chi connectivity index (χ1v) is 22.4. The second-order valence-electron chi connectivity index (χ2n) is 0.189. The normalized spacial score (nSPS) is 4.15. The van der Waals surface area contributed by atoms with Crippen molar-refractivity contribution in [1.82, 2.24) is 0 Å². The van der Waals surface area contributed by atoms with Crippen molar-refractivity contribution in [3.63, 3.8) is 0 Å². The molecule has 0 unspecified atom stereocenters. The van der Waals surface area contributed by atoms with E-state index in [1.165, 1.54) is 0 Å². The van der Waals surface area contributed by atoms with E-state index in [9.17, 15) is 0 Å². The fourth-order valence-corrected chi connectivity index (χ4v) is 0. The van der Waals surface area contributed by atoms with Crippen LogP contribution in [0.5, 0.6) is 0 Å².